The lowest BCUT2D eigenvalue weighted by Crippen LogP contribution is -2.43. The summed E-state index contributed by atoms with van der Waals surface area (Å²) in [6.07, 6.45) is 0. The molecule has 0 atom stereocenters. The number of benzene rings is 2. The molecule has 1 fully saturated rings. The molecule has 1 heterocycles. The maximum atomic E-state index is 12.6. The van der Waals surface area contributed by atoms with Gasteiger partial charge < -0.3 is 10.2 Å². The van der Waals surface area contributed by atoms with Gasteiger partial charge in [-0.05, 0) is 35.4 Å². The number of hydrogen-bond acceptors (Lipinski definition) is 4. The zero-order chi connectivity index (χ0) is 18.6. The molecule has 5 nitrogen and oxygen atoms in total. The average Bonchev–Trinajstić information content (AvgIpc) is 2.70. The predicted molar refractivity (Wildman–Crippen MR) is 107 cm³/mol. The van der Waals surface area contributed by atoms with Gasteiger partial charge in [-0.15, -0.1) is 0 Å². The van der Waals surface area contributed by atoms with Crippen LogP contribution in [0.15, 0.2) is 53.4 Å². The van der Waals surface area contributed by atoms with Crippen molar-refractivity contribution in [3.63, 3.8) is 0 Å². The number of anilines is 1. The number of hydrogen-bond donors (Lipinski definition) is 1. The van der Waals surface area contributed by atoms with Gasteiger partial charge in [0.2, 0.25) is 10.0 Å². The second-order valence-electron chi connectivity index (χ2n) is 6.40. The number of rotatable bonds is 6. The van der Waals surface area contributed by atoms with Crippen LogP contribution < -0.4 is 10.2 Å². The molecule has 0 saturated carbocycles. The van der Waals surface area contributed by atoms with Crippen molar-refractivity contribution >= 4 is 15.7 Å². The molecule has 26 heavy (non-hydrogen) atoms. The highest BCUT2D eigenvalue weighted by Crippen LogP contribution is 2.25. The standard InChI is InChI=1S/C20H27N3O2S/c1-3-23(4-2)26(24,25)20-11-7-18(8-12-20)17-5-9-19(10-6-17)22-15-13-21-14-16-22/h5-12,21H,3-4,13-16H2,1-2H3. The summed E-state index contributed by atoms with van der Waals surface area (Å²) < 4.78 is 26.6. The van der Waals surface area contributed by atoms with E-state index in [1.54, 1.807) is 12.1 Å². The van der Waals surface area contributed by atoms with Crippen LogP contribution in [0.25, 0.3) is 11.1 Å². The fourth-order valence-electron chi connectivity index (χ4n) is 3.32. The summed E-state index contributed by atoms with van der Waals surface area (Å²) in [7, 11) is -3.40. The molecule has 1 saturated heterocycles. The van der Waals surface area contributed by atoms with E-state index in [-0.39, 0.29) is 0 Å². The van der Waals surface area contributed by atoms with Gasteiger partial charge in [0.1, 0.15) is 0 Å². The second kappa shape index (κ2) is 8.20. The van der Waals surface area contributed by atoms with E-state index >= 15 is 0 Å². The van der Waals surface area contributed by atoms with Crippen molar-refractivity contribution < 1.29 is 8.42 Å². The van der Waals surface area contributed by atoms with E-state index in [9.17, 15) is 8.42 Å². The zero-order valence-electron chi connectivity index (χ0n) is 15.5. The Labute approximate surface area is 156 Å². The second-order valence-corrected chi connectivity index (χ2v) is 8.34. The average molecular weight is 374 g/mol. The van der Waals surface area contributed by atoms with Crippen molar-refractivity contribution in [3.05, 3.63) is 48.5 Å². The Morgan fingerprint density at radius 3 is 1.88 bits per heavy atom. The number of nitrogens with one attached hydrogen (secondary N) is 1. The third-order valence-electron chi connectivity index (χ3n) is 4.88. The van der Waals surface area contributed by atoms with Crippen LogP contribution in [0.5, 0.6) is 0 Å². The van der Waals surface area contributed by atoms with Crippen molar-refractivity contribution in [2.45, 2.75) is 18.7 Å². The van der Waals surface area contributed by atoms with E-state index in [0.29, 0.717) is 18.0 Å². The molecule has 2 aromatic carbocycles. The third-order valence-corrected chi connectivity index (χ3v) is 6.94. The van der Waals surface area contributed by atoms with Crippen molar-refractivity contribution in [2.24, 2.45) is 0 Å². The quantitative estimate of drug-likeness (QED) is 0.846. The Bertz CT molecular complexity index is 807. The summed E-state index contributed by atoms with van der Waals surface area (Å²) in [5.74, 6) is 0. The van der Waals surface area contributed by atoms with E-state index in [0.717, 1.165) is 37.3 Å². The van der Waals surface area contributed by atoms with Gasteiger partial charge in [-0.2, -0.15) is 4.31 Å². The highest BCUT2D eigenvalue weighted by atomic mass is 32.2. The van der Waals surface area contributed by atoms with Crippen LogP contribution >= 0.6 is 0 Å². The van der Waals surface area contributed by atoms with Crippen molar-refractivity contribution in [2.75, 3.05) is 44.2 Å². The van der Waals surface area contributed by atoms with E-state index in [2.05, 4.69) is 34.5 Å². The molecule has 0 amide bonds. The van der Waals surface area contributed by atoms with Crippen molar-refractivity contribution in [1.29, 1.82) is 0 Å². The first-order valence-electron chi connectivity index (χ1n) is 9.22. The Hall–Kier alpha value is -1.89. The molecule has 140 valence electrons. The van der Waals surface area contributed by atoms with E-state index in [1.807, 2.05) is 26.0 Å². The molecule has 0 aliphatic carbocycles. The van der Waals surface area contributed by atoms with Gasteiger partial charge in [0.15, 0.2) is 0 Å². The smallest absolute Gasteiger partial charge is 0.243 e. The van der Waals surface area contributed by atoms with Crippen LogP contribution in [-0.4, -0.2) is 52.0 Å². The molecule has 3 rings (SSSR count). The highest BCUT2D eigenvalue weighted by Gasteiger charge is 2.21. The Morgan fingerprint density at radius 2 is 1.38 bits per heavy atom. The van der Waals surface area contributed by atoms with Gasteiger partial charge in [-0.25, -0.2) is 8.42 Å². The van der Waals surface area contributed by atoms with Gasteiger partial charge in [0.25, 0.3) is 0 Å². The number of nitrogens with zero attached hydrogens (tertiary/aromatic N) is 2. The topological polar surface area (TPSA) is 52.7 Å². The Morgan fingerprint density at radius 1 is 0.885 bits per heavy atom. The monoisotopic (exact) mass is 373 g/mol. The molecule has 2 aromatic rings. The lowest BCUT2D eigenvalue weighted by atomic mass is 10.1. The van der Waals surface area contributed by atoms with Crippen LogP contribution in [0, 0.1) is 0 Å². The van der Waals surface area contributed by atoms with E-state index in [4.69, 9.17) is 0 Å². The van der Waals surface area contributed by atoms with Crippen LogP contribution in [-0.2, 0) is 10.0 Å². The Kier molecular flexibility index (Phi) is 5.96. The lowest BCUT2D eigenvalue weighted by Gasteiger charge is -2.29. The van der Waals surface area contributed by atoms with E-state index < -0.39 is 10.0 Å². The molecular weight excluding hydrogens is 346 g/mol. The summed E-state index contributed by atoms with van der Waals surface area (Å²) in [5, 5.41) is 3.36. The molecule has 0 spiro atoms. The van der Waals surface area contributed by atoms with Crippen LogP contribution in [0.3, 0.4) is 0 Å². The summed E-state index contributed by atoms with van der Waals surface area (Å²) in [5.41, 5.74) is 3.35. The van der Waals surface area contributed by atoms with Gasteiger partial charge >= 0.3 is 0 Å². The summed E-state index contributed by atoms with van der Waals surface area (Å²) >= 11 is 0. The minimum atomic E-state index is -3.40. The molecule has 1 aliphatic heterocycles. The molecule has 0 unspecified atom stereocenters. The first kappa shape index (κ1) is 18.9. The van der Waals surface area contributed by atoms with Gasteiger partial charge in [-0.1, -0.05) is 38.1 Å². The van der Waals surface area contributed by atoms with Crippen LogP contribution in [0.4, 0.5) is 5.69 Å². The molecule has 0 aromatic heterocycles. The molecule has 1 aliphatic rings. The predicted octanol–water partition coefficient (Wildman–Crippen LogP) is 2.79. The minimum absolute atomic E-state index is 0.349. The minimum Gasteiger partial charge on any atom is -0.369 e. The summed E-state index contributed by atoms with van der Waals surface area (Å²) in [6, 6.07) is 15.7. The largest absolute Gasteiger partial charge is 0.369 e. The van der Waals surface area contributed by atoms with Crippen LogP contribution in [0.2, 0.25) is 0 Å². The zero-order valence-corrected chi connectivity index (χ0v) is 16.3. The molecule has 6 heteroatoms. The van der Waals surface area contributed by atoms with E-state index in [1.165, 1.54) is 9.99 Å². The molecule has 1 N–H and O–H groups in total. The van der Waals surface area contributed by atoms with Crippen molar-refractivity contribution in [1.82, 2.24) is 9.62 Å². The lowest BCUT2D eigenvalue weighted by molar-refractivity contribution is 0.445. The maximum absolute atomic E-state index is 12.6. The van der Waals surface area contributed by atoms with Gasteiger partial charge in [0.05, 0.1) is 4.90 Å². The Balaban J connectivity index is 1.78. The fourth-order valence-corrected chi connectivity index (χ4v) is 4.78. The first-order chi connectivity index (χ1) is 12.6. The SMILES string of the molecule is CCN(CC)S(=O)(=O)c1ccc(-c2ccc(N3CCNCC3)cc2)cc1. The normalized spacial score (nSPS) is 15.4. The van der Waals surface area contributed by atoms with Crippen LogP contribution in [0.1, 0.15) is 13.8 Å². The fraction of sp³-hybridized carbons (Fsp3) is 0.400. The van der Waals surface area contributed by atoms with Crippen molar-refractivity contribution in [3.8, 4) is 11.1 Å². The number of piperazine rings is 1. The third kappa shape index (κ3) is 3.92. The molecule has 0 bridgehead atoms. The maximum Gasteiger partial charge on any atom is 0.243 e. The molecule has 0 radical (unpaired) electrons. The van der Waals surface area contributed by atoms with Gasteiger partial charge in [0, 0.05) is 45.0 Å². The highest BCUT2D eigenvalue weighted by molar-refractivity contribution is 7.89. The first-order valence-corrected chi connectivity index (χ1v) is 10.7. The number of sulfonamides is 1. The molecular formula is C20H27N3O2S. The van der Waals surface area contributed by atoms with Gasteiger partial charge in [-0.3, -0.25) is 0 Å². The summed E-state index contributed by atoms with van der Waals surface area (Å²) in [4.78, 5) is 2.72. The summed E-state index contributed by atoms with van der Waals surface area (Å²) in [6.45, 7) is 8.76.